The third kappa shape index (κ3) is 4.64. The van der Waals surface area contributed by atoms with Gasteiger partial charge in [-0.25, -0.2) is 0 Å². The second-order valence-corrected chi connectivity index (χ2v) is 5.33. The maximum absolute atomic E-state index is 5.84. The van der Waals surface area contributed by atoms with Crippen LogP contribution >= 0.6 is 0 Å². The maximum atomic E-state index is 5.84. The van der Waals surface area contributed by atoms with E-state index in [1.807, 2.05) is 24.3 Å². The van der Waals surface area contributed by atoms with Crippen LogP contribution in [0.1, 0.15) is 11.9 Å². The molecule has 1 aliphatic heterocycles. The van der Waals surface area contributed by atoms with Gasteiger partial charge in [-0.2, -0.15) is 0 Å². The summed E-state index contributed by atoms with van der Waals surface area (Å²) >= 11 is 0. The van der Waals surface area contributed by atoms with Crippen molar-refractivity contribution < 1.29 is 23.7 Å². The average Bonchev–Trinajstić information content (AvgIpc) is 2.61. The van der Waals surface area contributed by atoms with E-state index in [4.69, 9.17) is 36.5 Å². The van der Waals surface area contributed by atoms with Gasteiger partial charge in [0.1, 0.15) is 25.1 Å². The Labute approximate surface area is 136 Å². The highest BCUT2D eigenvalue weighted by atomic mass is 16.7. The number of rotatable bonds is 7. The van der Waals surface area contributed by atoms with Crippen molar-refractivity contribution in [3.05, 3.63) is 29.8 Å². The molecule has 1 saturated heterocycles. The molecule has 1 aromatic carbocycles. The van der Waals surface area contributed by atoms with Gasteiger partial charge >= 0.3 is 0 Å². The van der Waals surface area contributed by atoms with Gasteiger partial charge < -0.3 is 23.7 Å². The fourth-order valence-corrected chi connectivity index (χ4v) is 2.28. The number of terminal acetylenes is 2. The summed E-state index contributed by atoms with van der Waals surface area (Å²) in [6, 6.07) is 7.54. The number of hydrogen-bond donors (Lipinski definition) is 0. The Morgan fingerprint density at radius 3 is 2.43 bits per heavy atom. The fraction of sp³-hybridized carbons (Fsp3) is 0.444. The number of methoxy groups -OCH3 is 1. The molecule has 0 unspecified atom stereocenters. The molecule has 0 radical (unpaired) electrons. The van der Waals surface area contributed by atoms with Crippen molar-refractivity contribution in [2.45, 2.75) is 6.29 Å². The summed E-state index contributed by atoms with van der Waals surface area (Å²) in [7, 11) is 1.62. The molecule has 0 bridgehead atoms. The number of benzene rings is 1. The van der Waals surface area contributed by atoms with Gasteiger partial charge in [0, 0.05) is 5.56 Å². The zero-order valence-corrected chi connectivity index (χ0v) is 13.1. The zero-order valence-electron chi connectivity index (χ0n) is 13.1. The normalized spacial score (nSPS) is 23.5. The first-order valence-corrected chi connectivity index (χ1v) is 7.19. The molecule has 0 amide bonds. The molecular weight excluding hydrogens is 296 g/mol. The summed E-state index contributed by atoms with van der Waals surface area (Å²) in [4.78, 5) is 0. The van der Waals surface area contributed by atoms with Gasteiger partial charge in [0.25, 0.3) is 0 Å². The quantitative estimate of drug-likeness (QED) is 0.569. The summed E-state index contributed by atoms with van der Waals surface area (Å²) in [5.41, 5.74) is 0.452. The van der Waals surface area contributed by atoms with E-state index < -0.39 is 11.7 Å². The molecule has 0 saturated carbocycles. The van der Waals surface area contributed by atoms with Crippen molar-refractivity contribution >= 4 is 0 Å². The number of hydrogen-bond acceptors (Lipinski definition) is 5. The number of ether oxygens (including phenoxy) is 5. The van der Waals surface area contributed by atoms with Crippen molar-refractivity contribution in [3.63, 3.8) is 0 Å². The van der Waals surface area contributed by atoms with Crippen molar-refractivity contribution in [1.82, 2.24) is 0 Å². The predicted molar refractivity (Wildman–Crippen MR) is 84.5 cm³/mol. The van der Waals surface area contributed by atoms with Crippen molar-refractivity contribution in [1.29, 1.82) is 0 Å². The van der Waals surface area contributed by atoms with Crippen LogP contribution in [0.5, 0.6) is 5.75 Å². The first-order chi connectivity index (χ1) is 11.2. The lowest BCUT2D eigenvalue weighted by Gasteiger charge is -2.38. The van der Waals surface area contributed by atoms with Gasteiger partial charge in [0.05, 0.1) is 32.3 Å². The zero-order chi connectivity index (χ0) is 16.5. The van der Waals surface area contributed by atoms with E-state index in [0.717, 1.165) is 11.3 Å². The molecule has 1 heterocycles. The standard InChI is InChI=1S/C18H20O5/c1-4-10-21-12-18(11-20-5-2)13-22-17(23-14-18)15-6-8-16(19-3)9-7-15/h1-2,6-9,17H,10-14H2,3H3. The monoisotopic (exact) mass is 316 g/mol. The van der Waals surface area contributed by atoms with Crippen LogP contribution in [0.2, 0.25) is 0 Å². The molecular formula is C18H20O5. The Hall–Kier alpha value is -2.18. The summed E-state index contributed by atoms with van der Waals surface area (Å²) in [5.74, 6) is 3.21. The molecule has 1 fully saturated rings. The van der Waals surface area contributed by atoms with Gasteiger partial charge in [-0.1, -0.05) is 24.5 Å². The Balaban J connectivity index is 1.97. The van der Waals surface area contributed by atoms with Crippen LogP contribution in [0.3, 0.4) is 0 Å². The van der Waals surface area contributed by atoms with Crippen LogP contribution in [0.4, 0.5) is 0 Å². The van der Waals surface area contributed by atoms with Crippen LogP contribution in [0.15, 0.2) is 24.3 Å². The van der Waals surface area contributed by atoms with E-state index in [0.29, 0.717) is 19.8 Å². The third-order valence-electron chi connectivity index (χ3n) is 3.53. The van der Waals surface area contributed by atoms with Crippen LogP contribution in [0, 0.1) is 30.3 Å². The first-order valence-electron chi connectivity index (χ1n) is 7.19. The van der Waals surface area contributed by atoms with E-state index in [-0.39, 0.29) is 13.2 Å². The second-order valence-electron chi connectivity index (χ2n) is 5.33. The van der Waals surface area contributed by atoms with Crippen LogP contribution in [0.25, 0.3) is 0 Å². The predicted octanol–water partition coefficient (Wildman–Crippen LogP) is 1.98. The molecule has 0 aliphatic carbocycles. The lowest BCUT2D eigenvalue weighted by molar-refractivity contribution is -0.250. The Bertz CT molecular complexity index is 559. The molecule has 0 aromatic heterocycles. The molecule has 5 heteroatoms. The van der Waals surface area contributed by atoms with Crippen LogP contribution < -0.4 is 4.74 Å². The summed E-state index contributed by atoms with van der Waals surface area (Å²) in [5, 5.41) is 0. The Morgan fingerprint density at radius 2 is 1.87 bits per heavy atom. The van der Waals surface area contributed by atoms with Gasteiger partial charge in [-0.3, -0.25) is 0 Å². The SMILES string of the molecule is C#CCOCC1(COC#C)COC(c2ccc(OC)cc2)OC1. The topological polar surface area (TPSA) is 46.2 Å². The Kier molecular flexibility index (Phi) is 6.31. The van der Waals surface area contributed by atoms with Gasteiger partial charge in [-0.05, 0) is 12.1 Å². The highest BCUT2D eigenvalue weighted by molar-refractivity contribution is 5.28. The first kappa shape index (κ1) is 17.2. The summed E-state index contributed by atoms with van der Waals surface area (Å²) in [6.07, 6.45) is 12.1. The minimum absolute atomic E-state index is 0.222. The van der Waals surface area contributed by atoms with Gasteiger partial charge in [0.2, 0.25) is 0 Å². The van der Waals surface area contributed by atoms with Crippen molar-refractivity contribution in [3.8, 4) is 30.6 Å². The summed E-state index contributed by atoms with van der Waals surface area (Å²) < 4.78 is 27.3. The van der Waals surface area contributed by atoms with Crippen molar-refractivity contribution in [2.24, 2.45) is 5.41 Å². The van der Waals surface area contributed by atoms with Gasteiger partial charge in [-0.15, -0.1) is 6.42 Å². The molecule has 0 spiro atoms. The van der Waals surface area contributed by atoms with E-state index >= 15 is 0 Å². The molecule has 0 N–H and O–H groups in total. The lowest BCUT2D eigenvalue weighted by atomic mass is 9.91. The fourth-order valence-electron chi connectivity index (χ4n) is 2.28. The van der Waals surface area contributed by atoms with E-state index in [1.165, 1.54) is 0 Å². The highest BCUT2D eigenvalue weighted by Gasteiger charge is 2.39. The molecule has 23 heavy (non-hydrogen) atoms. The molecule has 2 rings (SSSR count). The minimum atomic E-state index is -0.466. The van der Waals surface area contributed by atoms with Crippen molar-refractivity contribution in [2.75, 3.05) is 40.1 Å². The molecule has 0 atom stereocenters. The van der Waals surface area contributed by atoms with Gasteiger partial charge in [0.15, 0.2) is 6.29 Å². The Morgan fingerprint density at radius 1 is 1.17 bits per heavy atom. The second kappa shape index (κ2) is 8.45. The largest absolute Gasteiger partial charge is 0.497 e. The molecule has 1 aromatic rings. The minimum Gasteiger partial charge on any atom is -0.497 e. The lowest BCUT2D eigenvalue weighted by Crippen LogP contribution is -2.45. The highest BCUT2D eigenvalue weighted by Crippen LogP contribution is 2.33. The maximum Gasteiger partial charge on any atom is 0.183 e. The van der Waals surface area contributed by atoms with Crippen LogP contribution in [-0.4, -0.2) is 40.1 Å². The molecule has 122 valence electrons. The summed E-state index contributed by atoms with van der Waals surface area (Å²) in [6.45, 7) is 1.66. The molecule has 5 nitrogen and oxygen atoms in total. The third-order valence-corrected chi connectivity index (χ3v) is 3.53. The van der Waals surface area contributed by atoms with E-state index in [9.17, 15) is 0 Å². The van der Waals surface area contributed by atoms with E-state index in [1.54, 1.807) is 7.11 Å². The van der Waals surface area contributed by atoms with E-state index in [2.05, 4.69) is 12.0 Å². The average molecular weight is 316 g/mol. The molecule has 1 aliphatic rings. The van der Waals surface area contributed by atoms with Crippen LogP contribution in [-0.2, 0) is 18.9 Å². The smallest absolute Gasteiger partial charge is 0.183 e.